The Hall–Kier alpha value is -1.44. The summed E-state index contributed by atoms with van der Waals surface area (Å²) in [6, 6.07) is 5.77. The average Bonchev–Trinajstić information content (AvgIpc) is 2.89. The summed E-state index contributed by atoms with van der Waals surface area (Å²) < 4.78 is 27.6. The van der Waals surface area contributed by atoms with Crippen molar-refractivity contribution in [3.63, 3.8) is 0 Å². The van der Waals surface area contributed by atoms with Crippen LogP contribution in [-0.2, 0) is 19.6 Å². The smallest absolute Gasteiger partial charge is 0.238 e. The van der Waals surface area contributed by atoms with Crippen LogP contribution in [0, 0.1) is 0 Å². The molecule has 1 aromatic carbocycles. The molecule has 0 saturated carbocycles. The van der Waals surface area contributed by atoms with Gasteiger partial charge >= 0.3 is 0 Å². The summed E-state index contributed by atoms with van der Waals surface area (Å²) in [4.78, 5) is 11.8. The largest absolute Gasteiger partial charge is 0.378 e. The molecule has 7 heteroatoms. The maximum absolute atomic E-state index is 11.7. The Bertz CT molecular complexity index is 563. The van der Waals surface area contributed by atoms with Gasteiger partial charge in [-0.25, -0.2) is 13.6 Å². The van der Waals surface area contributed by atoms with Crippen LogP contribution in [0.25, 0.3) is 0 Å². The number of sulfonamides is 1. The van der Waals surface area contributed by atoms with Crippen molar-refractivity contribution in [1.82, 2.24) is 0 Å². The van der Waals surface area contributed by atoms with Crippen LogP contribution in [0.2, 0.25) is 0 Å². The maximum Gasteiger partial charge on any atom is 0.238 e. The van der Waals surface area contributed by atoms with Crippen molar-refractivity contribution in [2.45, 2.75) is 36.7 Å². The molecule has 1 aliphatic rings. The highest BCUT2D eigenvalue weighted by atomic mass is 32.2. The van der Waals surface area contributed by atoms with E-state index in [2.05, 4.69) is 5.32 Å². The van der Waals surface area contributed by atoms with Crippen LogP contribution in [0.3, 0.4) is 0 Å². The van der Waals surface area contributed by atoms with Gasteiger partial charge in [0, 0.05) is 18.7 Å². The number of rotatable bonds is 5. The maximum atomic E-state index is 11.7. The van der Waals surface area contributed by atoms with E-state index in [9.17, 15) is 13.2 Å². The zero-order valence-electron chi connectivity index (χ0n) is 11.0. The second-order valence-corrected chi connectivity index (χ2v) is 6.35. The summed E-state index contributed by atoms with van der Waals surface area (Å²) in [6.07, 6.45) is 3.35. The van der Waals surface area contributed by atoms with Crippen LogP contribution in [0.1, 0.15) is 25.7 Å². The molecule has 3 N–H and O–H groups in total. The number of carbonyl (C=O) groups is 1. The van der Waals surface area contributed by atoms with Crippen LogP contribution < -0.4 is 10.5 Å². The number of carbonyl (C=O) groups excluding carboxylic acids is 1. The second-order valence-electron chi connectivity index (χ2n) is 4.79. The Kier molecular flexibility index (Phi) is 4.74. The molecular formula is C13H18N2O4S. The number of ether oxygens (including phenoxy) is 1. The molecule has 1 unspecified atom stereocenters. The second kappa shape index (κ2) is 6.34. The lowest BCUT2D eigenvalue weighted by Crippen LogP contribution is -2.15. The average molecular weight is 298 g/mol. The van der Waals surface area contributed by atoms with Crippen molar-refractivity contribution in [2.75, 3.05) is 11.9 Å². The van der Waals surface area contributed by atoms with Gasteiger partial charge in [-0.15, -0.1) is 0 Å². The van der Waals surface area contributed by atoms with E-state index in [-0.39, 0.29) is 16.9 Å². The van der Waals surface area contributed by atoms with Gasteiger partial charge in [-0.05, 0) is 43.5 Å². The van der Waals surface area contributed by atoms with E-state index in [4.69, 9.17) is 9.88 Å². The predicted octanol–water partition coefficient (Wildman–Crippen LogP) is 1.23. The predicted molar refractivity (Wildman–Crippen MR) is 74.7 cm³/mol. The van der Waals surface area contributed by atoms with E-state index in [0.717, 1.165) is 19.4 Å². The number of nitrogens with one attached hydrogen (secondary N) is 1. The van der Waals surface area contributed by atoms with Gasteiger partial charge in [-0.1, -0.05) is 0 Å². The minimum atomic E-state index is -3.70. The Morgan fingerprint density at radius 1 is 1.35 bits per heavy atom. The summed E-state index contributed by atoms with van der Waals surface area (Å²) in [7, 11) is -3.70. The number of hydrogen-bond acceptors (Lipinski definition) is 4. The van der Waals surface area contributed by atoms with Crippen molar-refractivity contribution in [1.29, 1.82) is 0 Å². The van der Waals surface area contributed by atoms with Crippen molar-refractivity contribution < 1.29 is 17.9 Å². The molecule has 0 aromatic heterocycles. The Morgan fingerprint density at radius 2 is 2.05 bits per heavy atom. The van der Waals surface area contributed by atoms with Crippen LogP contribution >= 0.6 is 0 Å². The molecule has 0 aliphatic carbocycles. The normalized spacial score (nSPS) is 18.9. The van der Waals surface area contributed by atoms with Crippen molar-refractivity contribution in [3.8, 4) is 0 Å². The molecule has 6 nitrogen and oxygen atoms in total. The third-order valence-electron chi connectivity index (χ3n) is 3.18. The highest BCUT2D eigenvalue weighted by Gasteiger charge is 2.16. The highest BCUT2D eigenvalue weighted by molar-refractivity contribution is 7.89. The van der Waals surface area contributed by atoms with E-state index in [1.807, 2.05) is 0 Å². The zero-order chi connectivity index (χ0) is 14.6. The molecule has 1 aromatic rings. The summed E-state index contributed by atoms with van der Waals surface area (Å²) in [6.45, 7) is 0.779. The molecule has 1 heterocycles. The summed E-state index contributed by atoms with van der Waals surface area (Å²) in [5.74, 6) is -0.108. The summed E-state index contributed by atoms with van der Waals surface area (Å²) in [5.41, 5.74) is 0.551. The van der Waals surface area contributed by atoms with Crippen LogP contribution in [0.4, 0.5) is 5.69 Å². The van der Waals surface area contributed by atoms with E-state index >= 15 is 0 Å². The molecule has 0 radical (unpaired) electrons. The van der Waals surface area contributed by atoms with Crippen LogP contribution in [0.15, 0.2) is 29.2 Å². The zero-order valence-corrected chi connectivity index (χ0v) is 11.9. The van der Waals surface area contributed by atoms with E-state index < -0.39 is 10.0 Å². The van der Waals surface area contributed by atoms with E-state index in [1.54, 1.807) is 0 Å². The first kappa shape index (κ1) is 15.0. The van der Waals surface area contributed by atoms with Gasteiger partial charge in [-0.3, -0.25) is 4.79 Å². The van der Waals surface area contributed by atoms with Crippen LogP contribution in [-0.4, -0.2) is 27.0 Å². The van der Waals surface area contributed by atoms with Crippen molar-refractivity contribution in [3.05, 3.63) is 24.3 Å². The summed E-state index contributed by atoms with van der Waals surface area (Å²) in [5, 5.41) is 7.71. The van der Waals surface area contributed by atoms with Gasteiger partial charge in [0.2, 0.25) is 15.9 Å². The first-order valence-corrected chi connectivity index (χ1v) is 8.04. The number of amides is 1. The molecule has 1 fully saturated rings. The number of primary sulfonamides is 1. The molecule has 2 rings (SSSR count). The first-order valence-electron chi connectivity index (χ1n) is 6.49. The minimum Gasteiger partial charge on any atom is -0.378 e. The lowest BCUT2D eigenvalue weighted by molar-refractivity contribution is -0.116. The third kappa shape index (κ3) is 4.29. The monoisotopic (exact) mass is 298 g/mol. The Labute approximate surface area is 118 Å². The van der Waals surface area contributed by atoms with Gasteiger partial charge in [0.25, 0.3) is 0 Å². The van der Waals surface area contributed by atoms with Crippen LogP contribution in [0.5, 0.6) is 0 Å². The molecule has 0 bridgehead atoms. The lowest BCUT2D eigenvalue weighted by Gasteiger charge is -2.09. The van der Waals surface area contributed by atoms with Gasteiger partial charge in [0.1, 0.15) is 0 Å². The quantitative estimate of drug-likeness (QED) is 0.854. The van der Waals surface area contributed by atoms with Gasteiger partial charge in [0.15, 0.2) is 0 Å². The molecule has 20 heavy (non-hydrogen) atoms. The molecule has 1 saturated heterocycles. The van der Waals surface area contributed by atoms with E-state index in [1.165, 1.54) is 24.3 Å². The third-order valence-corrected chi connectivity index (χ3v) is 4.11. The standard InChI is InChI=1S/C13H18N2O4S/c14-20(17,18)12-6-3-10(4-7-12)15-13(16)8-5-11-2-1-9-19-11/h3-4,6-7,11H,1-2,5,8-9H2,(H,15,16)(H2,14,17,18). The first-order chi connectivity index (χ1) is 9.45. The number of hydrogen-bond donors (Lipinski definition) is 2. The number of anilines is 1. The van der Waals surface area contributed by atoms with Gasteiger partial charge < -0.3 is 10.1 Å². The highest BCUT2D eigenvalue weighted by Crippen LogP contribution is 2.18. The fourth-order valence-electron chi connectivity index (χ4n) is 2.12. The SMILES string of the molecule is NS(=O)(=O)c1ccc(NC(=O)CCC2CCCO2)cc1. The fourth-order valence-corrected chi connectivity index (χ4v) is 2.63. The van der Waals surface area contributed by atoms with Crippen molar-refractivity contribution in [2.24, 2.45) is 5.14 Å². The van der Waals surface area contributed by atoms with Gasteiger partial charge in [0.05, 0.1) is 11.0 Å². The number of benzene rings is 1. The van der Waals surface area contributed by atoms with Crippen molar-refractivity contribution >= 4 is 21.6 Å². The number of nitrogens with two attached hydrogens (primary N) is 1. The molecule has 1 amide bonds. The molecule has 1 aliphatic heterocycles. The van der Waals surface area contributed by atoms with E-state index in [0.29, 0.717) is 18.5 Å². The topological polar surface area (TPSA) is 98.5 Å². The molecular weight excluding hydrogens is 280 g/mol. The Balaban J connectivity index is 1.84. The molecule has 0 spiro atoms. The van der Waals surface area contributed by atoms with Gasteiger partial charge in [-0.2, -0.15) is 0 Å². The lowest BCUT2D eigenvalue weighted by atomic mass is 10.1. The molecule has 1 atom stereocenters. The minimum absolute atomic E-state index is 0.0230. The fraction of sp³-hybridized carbons (Fsp3) is 0.462. The summed E-state index contributed by atoms with van der Waals surface area (Å²) >= 11 is 0. The molecule has 110 valence electrons. The Morgan fingerprint density at radius 3 is 2.60 bits per heavy atom.